The molecule has 5 heteroatoms. The molecule has 0 aromatic heterocycles. The molecular weight excluding hydrogens is 391 g/mol. The van der Waals surface area contributed by atoms with E-state index in [-0.39, 0.29) is 34.5 Å². The van der Waals surface area contributed by atoms with Crippen LogP contribution in [0.5, 0.6) is 0 Å². The Hall–Kier alpha value is 0.130. The van der Waals surface area contributed by atoms with Crippen LogP contribution in [0, 0.1) is 13.8 Å². The molecular formula is C24H41NaO3S. The number of benzene rings is 1. The summed E-state index contributed by atoms with van der Waals surface area (Å²) in [6.45, 7) is 6.02. The van der Waals surface area contributed by atoms with E-state index >= 15 is 0 Å². The van der Waals surface area contributed by atoms with E-state index in [9.17, 15) is 13.0 Å². The average Bonchev–Trinajstić information content (AvgIpc) is 2.63. The van der Waals surface area contributed by atoms with Gasteiger partial charge in [-0.05, 0) is 49.4 Å². The van der Waals surface area contributed by atoms with Gasteiger partial charge in [-0.1, -0.05) is 96.5 Å². The first-order chi connectivity index (χ1) is 13.4. The van der Waals surface area contributed by atoms with Crippen LogP contribution < -0.4 is 29.6 Å². The van der Waals surface area contributed by atoms with Crippen molar-refractivity contribution in [1.29, 1.82) is 0 Å². The topological polar surface area (TPSA) is 57.2 Å². The Morgan fingerprint density at radius 3 is 1.55 bits per heavy atom. The van der Waals surface area contributed by atoms with Crippen LogP contribution in [0.1, 0.15) is 114 Å². The SMILES string of the molecule is CCCCCCCCCCCCCCCCc1c(C)ccc(S(=O)(=O)[O-])c1C.[Na+]. The van der Waals surface area contributed by atoms with Crippen LogP contribution in [0.25, 0.3) is 0 Å². The number of hydrogen-bond acceptors (Lipinski definition) is 3. The first kappa shape index (κ1) is 29.1. The standard InChI is InChI=1S/C24H42O3S.Na/c1-4-5-6-7-8-9-10-11-12-13-14-15-16-17-18-23-21(2)19-20-24(22(23)3)28(25,26)27;/h19-20H,4-18H2,1-3H3,(H,25,26,27);/q;+1/p-1. The maximum absolute atomic E-state index is 11.4. The van der Waals surface area contributed by atoms with Crippen molar-refractivity contribution in [2.24, 2.45) is 0 Å². The molecule has 0 aliphatic rings. The second kappa shape index (κ2) is 16.8. The average molecular weight is 433 g/mol. The van der Waals surface area contributed by atoms with E-state index in [1.165, 1.54) is 89.5 Å². The Morgan fingerprint density at radius 1 is 0.724 bits per heavy atom. The fourth-order valence-corrected chi connectivity index (χ4v) is 4.76. The first-order valence-electron chi connectivity index (χ1n) is 11.4. The summed E-state index contributed by atoms with van der Waals surface area (Å²) in [7, 11) is -4.38. The predicted molar refractivity (Wildman–Crippen MR) is 118 cm³/mol. The zero-order valence-electron chi connectivity index (χ0n) is 19.4. The van der Waals surface area contributed by atoms with E-state index in [4.69, 9.17) is 0 Å². The molecule has 1 rings (SSSR count). The van der Waals surface area contributed by atoms with Gasteiger partial charge in [0, 0.05) is 0 Å². The van der Waals surface area contributed by atoms with Crippen molar-refractivity contribution in [2.45, 2.75) is 122 Å². The minimum absolute atomic E-state index is 0. The third kappa shape index (κ3) is 12.5. The maximum atomic E-state index is 11.4. The van der Waals surface area contributed by atoms with Crippen molar-refractivity contribution in [3.8, 4) is 0 Å². The summed E-state index contributed by atoms with van der Waals surface area (Å²) in [5.74, 6) is 0. The molecule has 0 radical (unpaired) electrons. The molecule has 0 aliphatic heterocycles. The molecule has 1 aromatic carbocycles. The Morgan fingerprint density at radius 2 is 1.14 bits per heavy atom. The number of hydrogen-bond donors (Lipinski definition) is 0. The van der Waals surface area contributed by atoms with Crippen molar-refractivity contribution < 1.29 is 42.5 Å². The molecule has 0 bridgehead atoms. The van der Waals surface area contributed by atoms with E-state index in [2.05, 4.69) is 6.92 Å². The molecule has 0 atom stereocenters. The van der Waals surface area contributed by atoms with Crippen molar-refractivity contribution >= 4 is 10.1 Å². The molecule has 0 unspecified atom stereocenters. The van der Waals surface area contributed by atoms with Gasteiger partial charge in [-0.2, -0.15) is 0 Å². The van der Waals surface area contributed by atoms with Crippen molar-refractivity contribution in [1.82, 2.24) is 0 Å². The van der Waals surface area contributed by atoms with Crippen LogP contribution in [-0.4, -0.2) is 13.0 Å². The molecule has 0 saturated heterocycles. The third-order valence-corrected chi connectivity index (χ3v) is 6.81. The molecule has 0 fully saturated rings. The van der Waals surface area contributed by atoms with E-state index in [1.807, 2.05) is 6.92 Å². The van der Waals surface area contributed by atoms with Crippen LogP contribution in [-0.2, 0) is 16.5 Å². The molecule has 0 saturated carbocycles. The van der Waals surface area contributed by atoms with E-state index in [0.29, 0.717) is 5.56 Å². The third-order valence-electron chi connectivity index (χ3n) is 5.83. The molecule has 29 heavy (non-hydrogen) atoms. The molecule has 0 heterocycles. The Labute approximate surface area is 202 Å². The summed E-state index contributed by atoms with van der Waals surface area (Å²) in [5, 5.41) is 0. The summed E-state index contributed by atoms with van der Waals surface area (Å²) < 4.78 is 34.1. The van der Waals surface area contributed by atoms with Crippen LogP contribution in [0.2, 0.25) is 0 Å². The van der Waals surface area contributed by atoms with Gasteiger partial charge in [-0.3, -0.25) is 0 Å². The summed E-state index contributed by atoms with van der Waals surface area (Å²) in [5.41, 5.74) is 2.76. The Kier molecular flexibility index (Phi) is 16.9. The molecule has 162 valence electrons. The van der Waals surface area contributed by atoms with Crippen LogP contribution in [0.4, 0.5) is 0 Å². The van der Waals surface area contributed by atoms with Gasteiger partial charge in [0.1, 0.15) is 10.1 Å². The van der Waals surface area contributed by atoms with Gasteiger partial charge in [0.25, 0.3) is 0 Å². The molecule has 0 N–H and O–H groups in total. The predicted octanol–water partition coefficient (Wildman–Crippen LogP) is 4.24. The normalized spacial score (nSPS) is 11.4. The minimum Gasteiger partial charge on any atom is -0.744 e. The fourth-order valence-electron chi connectivity index (χ4n) is 4.02. The smallest absolute Gasteiger partial charge is 0.744 e. The molecule has 1 aromatic rings. The van der Waals surface area contributed by atoms with E-state index < -0.39 is 10.1 Å². The van der Waals surface area contributed by atoms with Crippen molar-refractivity contribution in [3.05, 3.63) is 28.8 Å². The molecule has 0 aliphatic carbocycles. The van der Waals surface area contributed by atoms with Gasteiger partial charge in [-0.15, -0.1) is 0 Å². The molecule has 0 amide bonds. The maximum Gasteiger partial charge on any atom is 1.00 e. The van der Waals surface area contributed by atoms with E-state index in [0.717, 1.165) is 24.0 Å². The molecule has 0 spiro atoms. The van der Waals surface area contributed by atoms with Crippen molar-refractivity contribution in [2.75, 3.05) is 0 Å². The summed E-state index contributed by atoms with van der Waals surface area (Å²) in [4.78, 5) is -0.0570. The van der Waals surface area contributed by atoms with Crippen LogP contribution in [0.3, 0.4) is 0 Å². The Bertz CT molecular complexity index is 656. The van der Waals surface area contributed by atoms with Crippen LogP contribution in [0.15, 0.2) is 17.0 Å². The zero-order chi connectivity index (χ0) is 20.8. The van der Waals surface area contributed by atoms with Gasteiger partial charge in [0.2, 0.25) is 0 Å². The minimum atomic E-state index is -4.38. The summed E-state index contributed by atoms with van der Waals surface area (Å²) in [6, 6.07) is 3.21. The largest absolute Gasteiger partial charge is 1.00 e. The van der Waals surface area contributed by atoms with Gasteiger partial charge < -0.3 is 4.55 Å². The summed E-state index contributed by atoms with van der Waals surface area (Å²) >= 11 is 0. The van der Waals surface area contributed by atoms with Gasteiger partial charge in [0.05, 0.1) is 4.90 Å². The second-order valence-corrected chi connectivity index (χ2v) is 9.63. The van der Waals surface area contributed by atoms with E-state index in [1.54, 1.807) is 13.0 Å². The fraction of sp³-hybridized carbons (Fsp3) is 0.750. The Balaban J connectivity index is 0.00000784. The van der Waals surface area contributed by atoms with Crippen LogP contribution >= 0.6 is 0 Å². The van der Waals surface area contributed by atoms with Gasteiger partial charge in [-0.25, -0.2) is 8.42 Å². The zero-order valence-corrected chi connectivity index (χ0v) is 22.2. The van der Waals surface area contributed by atoms with Gasteiger partial charge in [0.15, 0.2) is 0 Å². The quantitative estimate of drug-likeness (QED) is 0.223. The second-order valence-electron chi connectivity index (χ2n) is 8.28. The summed E-state index contributed by atoms with van der Waals surface area (Å²) in [6.07, 6.45) is 19.4. The number of rotatable bonds is 16. The number of aryl methyl sites for hydroxylation is 1. The number of unbranched alkanes of at least 4 members (excludes halogenated alkanes) is 13. The molecule has 3 nitrogen and oxygen atoms in total. The monoisotopic (exact) mass is 432 g/mol. The first-order valence-corrected chi connectivity index (χ1v) is 12.8. The van der Waals surface area contributed by atoms with Gasteiger partial charge >= 0.3 is 29.6 Å². The van der Waals surface area contributed by atoms with Crippen molar-refractivity contribution in [3.63, 3.8) is 0 Å².